The van der Waals surface area contributed by atoms with Crippen LogP contribution in [0.25, 0.3) is 0 Å². The molecule has 1 aromatic rings. The molecule has 1 atom stereocenters. The fourth-order valence-corrected chi connectivity index (χ4v) is 2.33. The van der Waals surface area contributed by atoms with Crippen molar-refractivity contribution in [1.82, 2.24) is 4.90 Å². The molecule has 3 N–H and O–H groups in total. The largest absolute Gasteiger partial charge is 0.492 e. The van der Waals surface area contributed by atoms with Gasteiger partial charge in [0.2, 0.25) is 0 Å². The van der Waals surface area contributed by atoms with Gasteiger partial charge in [-0.15, -0.1) is 0 Å². The van der Waals surface area contributed by atoms with Gasteiger partial charge < -0.3 is 15.7 Å². The molecule has 1 aromatic carbocycles. The smallest absolute Gasteiger partial charge is 0.156 e. The first kappa shape index (κ1) is 12.7. The molecule has 0 saturated carbocycles. The molecule has 0 fully saturated rings. The second kappa shape index (κ2) is 5.73. The van der Waals surface area contributed by atoms with Crippen molar-refractivity contribution in [3.8, 4) is 5.75 Å². The number of hydrogen-bond acceptors (Lipinski definition) is 4. The van der Waals surface area contributed by atoms with Crippen LogP contribution >= 0.6 is 0 Å². The maximum atomic E-state index is 8.84. The molecular formula is C13H19N3O2. The minimum atomic E-state index is -0.0512. The van der Waals surface area contributed by atoms with Crippen molar-refractivity contribution >= 4 is 5.84 Å². The molecule has 1 unspecified atom stereocenters. The highest BCUT2D eigenvalue weighted by atomic mass is 16.5. The number of fused-ring (bicyclic) bond motifs is 1. The molecule has 0 bridgehead atoms. The molecule has 0 aromatic heterocycles. The number of rotatable bonds is 3. The molecule has 0 spiro atoms. The fourth-order valence-electron chi connectivity index (χ4n) is 2.33. The second-order valence-corrected chi connectivity index (χ2v) is 4.38. The molecule has 5 nitrogen and oxygen atoms in total. The molecule has 5 heteroatoms. The topological polar surface area (TPSA) is 71.1 Å². The quantitative estimate of drug-likeness (QED) is 0.368. The molecule has 2 rings (SSSR count). The highest BCUT2D eigenvalue weighted by molar-refractivity contribution is 5.85. The van der Waals surface area contributed by atoms with Crippen molar-refractivity contribution in [2.24, 2.45) is 10.9 Å². The molecule has 0 amide bonds. The summed E-state index contributed by atoms with van der Waals surface area (Å²) in [5.74, 6) is 1.19. The van der Waals surface area contributed by atoms with Gasteiger partial charge in [-0.2, -0.15) is 0 Å². The van der Waals surface area contributed by atoms with Crippen LogP contribution < -0.4 is 10.5 Å². The van der Waals surface area contributed by atoms with Gasteiger partial charge in [-0.05, 0) is 12.5 Å². The Kier molecular flexibility index (Phi) is 4.04. The summed E-state index contributed by atoms with van der Waals surface area (Å²) in [6, 6.07) is 7.94. The lowest BCUT2D eigenvalue weighted by Gasteiger charge is -2.28. The van der Waals surface area contributed by atoms with Crippen LogP contribution in [0, 0.1) is 0 Å². The standard InChI is InChI=1S/C13H19N3O2/c1-2-11(13(14)15-17)16-7-8-18-12-6-4-3-5-10(12)9-16/h3-6,11,17H,2,7-9H2,1H3,(H2,14,15). The highest BCUT2D eigenvalue weighted by Crippen LogP contribution is 2.24. The van der Waals surface area contributed by atoms with Crippen molar-refractivity contribution in [3.63, 3.8) is 0 Å². The Morgan fingerprint density at radius 1 is 1.56 bits per heavy atom. The summed E-state index contributed by atoms with van der Waals surface area (Å²) < 4.78 is 5.70. The lowest BCUT2D eigenvalue weighted by molar-refractivity contribution is 0.195. The Balaban J connectivity index is 2.21. The predicted molar refractivity (Wildman–Crippen MR) is 69.8 cm³/mol. The van der Waals surface area contributed by atoms with Crippen LogP contribution in [0.15, 0.2) is 29.4 Å². The number of nitrogens with two attached hydrogens (primary N) is 1. The van der Waals surface area contributed by atoms with Gasteiger partial charge in [0.15, 0.2) is 5.84 Å². The summed E-state index contributed by atoms with van der Waals surface area (Å²) in [7, 11) is 0. The first-order chi connectivity index (χ1) is 8.76. The summed E-state index contributed by atoms with van der Waals surface area (Å²) in [6.45, 7) is 4.17. The first-order valence-corrected chi connectivity index (χ1v) is 6.18. The molecule has 0 radical (unpaired) electrons. The van der Waals surface area contributed by atoms with Gasteiger partial charge in [0.05, 0.1) is 6.04 Å². The minimum absolute atomic E-state index is 0.0512. The van der Waals surface area contributed by atoms with E-state index in [1.165, 1.54) is 0 Å². The van der Waals surface area contributed by atoms with E-state index in [0.717, 1.165) is 30.8 Å². The first-order valence-electron chi connectivity index (χ1n) is 6.18. The zero-order valence-electron chi connectivity index (χ0n) is 10.5. The monoisotopic (exact) mass is 249 g/mol. The van der Waals surface area contributed by atoms with Crippen LogP contribution in [-0.4, -0.2) is 35.1 Å². The summed E-state index contributed by atoms with van der Waals surface area (Å²) >= 11 is 0. The number of para-hydroxylation sites is 1. The highest BCUT2D eigenvalue weighted by Gasteiger charge is 2.24. The van der Waals surface area contributed by atoms with E-state index >= 15 is 0 Å². The predicted octanol–water partition coefficient (Wildman–Crippen LogP) is 1.41. The summed E-state index contributed by atoms with van der Waals surface area (Å²) in [5.41, 5.74) is 6.89. The van der Waals surface area contributed by atoms with Gasteiger partial charge >= 0.3 is 0 Å². The van der Waals surface area contributed by atoms with Crippen molar-refractivity contribution in [2.45, 2.75) is 25.9 Å². The summed E-state index contributed by atoms with van der Waals surface area (Å²) in [6.07, 6.45) is 0.804. The van der Waals surface area contributed by atoms with Gasteiger partial charge in [0, 0.05) is 18.7 Å². The maximum Gasteiger partial charge on any atom is 0.156 e. The number of ether oxygens (including phenoxy) is 1. The zero-order chi connectivity index (χ0) is 13.0. The van der Waals surface area contributed by atoms with Crippen LogP contribution in [0.1, 0.15) is 18.9 Å². The van der Waals surface area contributed by atoms with Crippen molar-refractivity contribution in [2.75, 3.05) is 13.2 Å². The average Bonchev–Trinajstić information content (AvgIpc) is 2.61. The third-order valence-electron chi connectivity index (χ3n) is 3.27. The van der Waals surface area contributed by atoms with E-state index in [-0.39, 0.29) is 11.9 Å². The van der Waals surface area contributed by atoms with E-state index in [1.807, 2.05) is 31.2 Å². The number of oxime groups is 1. The Bertz CT molecular complexity index is 434. The van der Waals surface area contributed by atoms with Gasteiger partial charge in [-0.25, -0.2) is 0 Å². The Morgan fingerprint density at radius 3 is 3.06 bits per heavy atom. The van der Waals surface area contributed by atoms with Crippen molar-refractivity contribution < 1.29 is 9.94 Å². The number of nitrogens with zero attached hydrogens (tertiary/aromatic N) is 2. The molecule has 1 aliphatic heterocycles. The maximum absolute atomic E-state index is 8.84. The molecule has 0 saturated heterocycles. The third-order valence-corrected chi connectivity index (χ3v) is 3.27. The SMILES string of the molecule is CCC(C(N)=NO)N1CCOc2ccccc2C1. The van der Waals surface area contributed by atoms with Gasteiger partial charge in [0.25, 0.3) is 0 Å². The molecule has 1 heterocycles. The van der Waals surface area contributed by atoms with Gasteiger partial charge in [-0.1, -0.05) is 30.3 Å². The molecule has 18 heavy (non-hydrogen) atoms. The van der Waals surface area contributed by atoms with E-state index in [2.05, 4.69) is 10.1 Å². The van der Waals surface area contributed by atoms with Gasteiger partial charge in [0.1, 0.15) is 12.4 Å². The molecule has 0 aliphatic carbocycles. The Hall–Kier alpha value is -1.75. The van der Waals surface area contributed by atoms with Crippen molar-refractivity contribution in [3.05, 3.63) is 29.8 Å². The van der Waals surface area contributed by atoms with E-state index in [4.69, 9.17) is 15.7 Å². The molecular weight excluding hydrogens is 230 g/mol. The fraction of sp³-hybridized carbons (Fsp3) is 0.462. The number of amidine groups is 1. The Morgan fingerprint density at radius 2 is 2.33 bits per heavy atom. The van der Waals surface area contributed by atoms with Crippen LogP contribution in [0.2, 0.25) is 0 Å². The number of hydrogen-bond donors (Lipinski definition) is 2. The molecule has 1 aliphatic rings. The zero-order valence-corrected chi connectivity index (χ0v) is 10.5. The lowest BCUT2D eigenvalue weighted by atomic mass is 10.1. The van der Waals surface area contributed by atoms with E-state index < -0.39 is 0 Å². The van der Waals surface area contributed by atoms with Crippen LogP contribution in [-0.2, 0) is 6.54 Å². The normalized spacial score (nSPS) is 18.6. The summed E-state index contributed by atoms with van der Waals surface area (Å²) in [4.78, 5) is 2.18. The van der Waals surface area contributed by atoms with Crippen LogP contribution in [0.5, 0.6) is 5.75 Å². The van der Waals surface area contributed by atoms with Crippen LogP contribution in [0.4, 0.5) is 0 Å². The van der Waals surface area contributed by atoms with Crippen molar-refractivity contribution in [1.29, 1.82) is 0 Å². The average molecular weight is 249 g/mol. The van der Waals surface area contributed by atoms with E-state index in [0.29, 0.717) is 6.61 Å². The lowest BCUT2D eigenvalue weighted by Crippen LogP contribution is -2.45. The summed E-state index contributed by atoms with van der Waals surface area (Å²) in [5, 5.41) is 12.0. The Labute approximate surface area is 107 Å². The second-order valence-electron chi connectivity index (χ2n) is 4.38. The van der Waals surface area contributed by atoms with Crippen LogP contribution in [0.3, 0.4) is 0 Å². The number of benzene rings is 1. The van der Waals surface area contributed by atoms with Gasteiger partial charge in [-0.3, -0.25) is 4.90 Å². The van der Waals surface area contributed by atoms with E-state index in [1.54, 1.807) is 0 Å². The third kappa shape index (κ3) is 2.56. The van der Waals surface area contributed by atoms with E-state index in [9.17, 15) is 0 Å². The molecule has 98 valence electrons. The minimum Gasteiger partial charge on any atom is -0.492 e.